The first-order chi connectivity index (χ1) is 12.9. The molecule has 2 rings (SSSR count). The molecule has 0 spiro atoms. The third kappa shape index (κ3) is 5.81. The molecule has 1 fully saturated rings. The van der Waals surface area contributed by atoms with Gasteiger partial charge in [-0.05, 0) is 60.6 Å². The Morgan fingerprint density at radius 3 is 2.59 bits per heavy atom. The Morgan fingerprint density at radius 2 is 1.93 bits per heavy atom. The number of benzene rings is 1. The maximum absolute atomic E-state index is 12.4. The van der Waals surface area contributed by atoms with Crippen LogP contribution in [0.25, 0.3) is 0 Å². The van der Waals surface area contributed by atoms with E-state index < -0.39 is 0 Å². The van der Waals surface area contributed by atoms with E-state index in [0.29, 0.717) is 30.8 Å². The van der Waals surface area contributed by atoms with E-state index in [2.05, 4.69) is 26.8 Å². The summed E-state index contributed by atoms with van der Waals surface area (Å²) in [7, 11) is 0. The molecule has 1 aromatic carbocycles. The van der Waals surface area contributed by atoms with E-state index in [1.807, 2.05) is 12.1 Å². The van der Waals surface area contributed by atoms with Gasteiger partial charge in [0.25, 0.3) is 0 Å². The minimum atomic E-state index is -0.0651. The molecule has 0 heterocycles. The van der Waals surface area contributed by atoms with Crippen molar-refractivity contribution in [3.63, 3.8) is 0 Å². The summed E-state index contributed by atoms with van der Waals surface area (Å²) in [4.78, 5) is 12.4. The van der Waals surface area contributed by atoms with Crippen molar-refractivity contribution in [2.75, 3.05) is 6.61 Å². The second-order valence-corrected chi connectivity index (χ2v) is 8.91. The second-order valence-electron chi connectivity index (χ2n) is 8.91. The molecule has 0 radical (unpaired) electrons. The van der Waals surface area contributed by atoms with E-state index in [4.69, 9.17) is 5.11 Å². The van der Waals surface area contributed by atoms with Crippen molar-refractivity contribution in [2.45, 2.75) is 96.3 Å². The Kier molecular flexibility index (Phi) is 8.34. The fourth-order valence-corrected chi connectivity index (χ4v) is 4.57. The Balaban J connectivity index is 2.15. The molecule has 1 saturated carbocycles. The zero-order valence-electron chi connectivity index (χ0n) is 17.5. The van der Waals surface area contributed by atoms with E-state index in [9.17, 15) is 9.90 Å². The molecule has 0 saturated heterocycles. The maximum Gasteiger partial charge on any atom is 0.136 e. The fraction of sp³-hybridized carbons (Fsp3) is 0.708. The molecular formula is C24H38O3. The molecule has 3 nitrogen and oxygen atoms in total. The van der Waals surface area contributed by atoms with Gasteiger partial charge in [0.1, 0.15) is 11.5 Å². The number of carbonyl (C=O) groups is 1. The Bertz CT molecular complexity index is 606. The molecule has 3 heteroatoms. The molecule has 1 aromatic rings. The van der Waals surface area contributed by atoms with Crippen molar-refractivity contribution in [2.24, 2.45) is 5.92 Å². The number of ketones is 1. The quantitative estimate of drug-likeness (QED) is 0.504. The minimum absolute atomic E-state index is 0.0441. The molecule has 152 valence electrons. The maximum atomic E-state index is 12.4. The predicted molar refractivity (Wildman–Crippen MR) is 111 cm³/mol. The molecular weight excluding hydrogens is 336 g/mol. The van der Waals surface area contributed by atoms with Crippen molar-refractivity contribution >= 4 is 5.78 Å². The summed E-state index contributed by atoms with van der Waals surface area (Å²) in [6, 6.07) is 6.13. The number of aliphatic hydroxyl groups is 1. The fourth-order valence-electron chi connectivity index (χ4n) is 4.57. The first-order valence-electron chi connectivity index (χ1n) is 10.9. The van der Waals surface area contributed by atoms with Gasteiger partial charge in [-0.2, -0.15) is 0 Å². The van der Waals surface area contributed by atoms with Crippen LogP contribution in [0.1, 0.15) is 102 Å². The van der Waals surface area contributed by atoms with Gasteiger partial charge in [-0.1, -0.05) is 58.6 Å². The summed E-state index contributed by atoms with van der Waals surface area (Å²) in [5.41, 5.74) is 2.13. The van der Waals surface area contributed by atoms with Gasteiger partial charge in [-0.3, -0.25) is 4.79 Å². The number of hydrogen-bond acceptors (Lipinski definition) is 3. The zero-order valence-corrected chi connectivity index (χ0v) is 17.5. The van der Waals surface area contributed by atoms with Crippen LogP contribution in [0.3, 0.4) is 0 Å². The largest absolute Gasteiger partial charge is 0.508 e. The van der Waals surface area contributed by atoms with Crippen molar-refractivity contribution in [3.05, 3.63) is 29.3 Å². The summed E-state index contributed by atoms with van der Waals surface area (Å²) in [6.07, 6.45) is 9.95. The second kappa shape index (κ2) is 10.3. The average Bonchev–Trinajstić information content (AvgIpc) is 2.64. The standard InChI is InChI=1S/C24H38O3/c1-4-5-6-7-15-24(2,3)18-13-14-21(23(27)17-18)19-10-8-12-22(26)20(19)11-9-16-25/h13-14,17,19-20,25,27H,4-12,15-16H2,1-3H3. The zero-order chi connectivity index (χ0) is 19.9. The van der Waals surface area contributed by atoms with E-state index in [1.165, 1.54) is 31.2 Å². The summed E-state index contributed by atoms with van der Waals surface area (Å²) in [5, 5.41) is 19.9. The molecule has 0 bridgehead atoms. The molecule has 2 N–H and O–H groups in total. The Labute approximate surface area is 165 Å². The van der Waals surface area contributed by atoms with Gasteiger partial charge in [-0.25, -0.2) is 0 Å². The number of phenols is 1. The van der Waals surface area contributed by atoms with Crippen molar-refractivity contribution < 1.29 is 15.0 Å². The highest BCUT2D eigenvalue weighted by atomic mass is 16.3. The third-order valence-corrected chi connectivity index (χ3v) is 6.38. The molecule has 0 aromatic heterocycles. The number of hydrogen-bond donors (Lipinski definition) is 2. The van der Waals surface area contributed by atoms with Crippen LogP contribution in [0.5, 0.6) is 5.75 Å². The highest BCUT2D eigenvalue weighted by Crippen LogP contribution is 2.43. The van der Waals surface area contributed by atoms with E-state index in [1.54, 1.807) is 0 Å². The predicted octanol–water partition coefficient (Wildman–Crippen LogP) is 5.87. The molecule has 2 atom stereocenters. The monoisotopic (exact) mass is 374 g/mol. The lowest BCUT2D eigenvalue weighted by Gasteiger charge is -2.32. The van der Waals surface area contributed by atoms with Gasteiger partial charge in [0.2, 0.25) is 0 Å². The van der Waals surface area contributed by atoms with E-state index in [-0.39, 0.29) is 23.9 Å². The SMILES string of the molecule is CCCCCCC(C)(C)c1ccc(C2CCCC(=O)C2CCCO)c(O)c1. The van der Waals surface area contributed by atoms with Gasteiger partial charge in [-0.15, -0.1) is 0 Å². The Morgan fingerprint density at radius 1 is 1.15 bits per heavy atom. The van der Waals surface area contributed by atoms with Crippen LogP contribution in [0, 0.1) is 5.92 Å². The lowest BCUT2D eigenvalue weighted by atomic mass is 9.71. The van der Waals surface area contributed by atoms with Crippen LogP contribution >= 0.6 is 0 Å². The third-order valence-electron chi connectivity index (χ3n) is 6.38. The van der Waals surface area contributed by atoms with Crippen LogP contribution in [0.4, 0.5) is 0 Å². The minimum Gasteiger partial charge on any atom is -0.508 e. The van der Waals surface area contributed by atoms with Crippen LogP contribution in [0.2, 0.25) is 0 Å². The topological polar surface area (TPSA) is 57.5 Å². The number of aliphatic hydroxyl groups excluding tert-OH is 1. The number of carbonyl (C=O) groups excluding carboxylic acids is 1. The van der Waals surface area contributed by atoms with E-state index >= 15 is 0 Å². The molecule has 0 amide bonds. The molecule has 2 unspecified atom stereocenters. The van der Waals surface area contributed by atoms with Crippen LogP contribution in [-0.4, -0.2) is 22.6 Å². The number of phenolic OH excluding ortho intramolecular Hbond substituents is 1. The summed E-state index contributed by atoms with van der Waals surface area (Å²) in [6.45, 7) is 6.85. The lowest BCUT2D eigenvalue weighted by molar-refractivity contribution is -0.125. The van der Waals surface area contributed by atoms with Crippen molar-refractivity contribution in [1.29, 1.82) is 0 Å². The Hall–Kier alpha value is -1.35. The van der Waals surface area contributed by atoms with Crippen LogP contribution in [-0.2, 0) is 10.2 Å². The number of aromatic hydroxyl groups is 1. The average molecular weight is 375 g/mol. The van der Waals surface area contributed by atoms with Gasteiger partial charge < -0.3 is 10.2 Å². The van der Waals surface area contributed by atoms with Crippen molar-refractivity contribution in [3.8, 4) is 5.75 Å². The first kappa shape index (κ1) is 21.9. The number of rotatable bonds is 10. The normalized spacial score (nSPS) is 20.8. The number of unbranched alkanes of at least 4 members (excludes halogenated alkanes) is 3. The van der Waals surface area contributed by atoms with Crippen LogP contribution < -0.4 is 0 Å². The van der Waals surface area contributed by atoms with Crippen LogP contribution in [0.15, 0.2) is 18.2 Å². The smallest absolute Gasteiger partial charge is 0.136 e. The molecule has 1 aliphatic rings. The molecule has 1 aliphatic carbocycles. The van der Waals surface area contributed by atoms with Gasteiger partial charge in [0, 0.05) is 18.9 Å². The molecule has 0 aliphatic heterocycles. The first-order valence-corrected chi connectivity index (χ1v) is 10.9. The van der Waals surface area contributed by atoms with E-state index in [0.717, 1.165) is 24.8 Å². The lowest BCUT2D eigenvalue weighted by Crippen LogP contribution is -2.27. The van der Waals surface area contributed by atoms with Gasteiger partial charge in [0.05, 0.1) is 0 Å². The summed E-state index contributed by atoms with van der Waals surface area (Å²) in [5.74, 6) is 0.645. The highest BCUT2D eigenvalue weighted by Gasteiger charge is 2.34. The van der Waals surface area contributed by atoms with Gasteiger partial charge >= 0.3 is 0 Å². The van der Waals surface area contributed by atoms with Crippen molar-refractivity contribution in [1.82, 2.24) is 0 Å². The highest BCUT2D eigenvalue weighted by molar-refractivity contribution is 5.83. The molecule has 27 heavy (non-hydrogen) atoms. The summed E-state index contributed by atoms with van der Waals surface area (Å²) < 4.78 is 0. The van der Waals surface area contributed by atoms with Gasteiger partial charge in [0.15, 0.2) is 0 Å². The number of Topliss-reactive ketones (excluding diaryl/α,β-unsaturated/α-hetero) is 1. The summed E-state index contributed by atoms with van der Waals surface area (Å²) >= 11 is 0.